The molecule has 0 aliphatic rings. The molecule has 4 heteroatoms. The Labute approximate surface area is 86.5 Å². The minimum absolute atomic E-state index is 0.195. The molecule has 0 amide bonds. The maximum atomic E-state index is 11.3. The fourth-order valence-corrected chi connectivity index (χ4v) is 2.06. The zero-order chi connectivity index (χ0) is 9.68. The Morgan fingerprint density at radius 1 is 1.62 bits per heavy atom. The van der Waals surface area contributed by atoms with E-state index in [0.717, 1.165) is 9.21 Å². The molecular weight excluding hydrogens is 208 g/mol. The summed E-state index contributed by atoms with van der Waals surface area (Å²) in [6.07, 6.45) is 0.951. The third-order valence-electron chi connectivity index (χ3n) is 1.59. The van der Waals surface area contributed by atoms with Crippen LogP contribution in [0.2, 0.25) is 4.34 Å². The highest BCUT2D eigenvalue weighted by Crippen LogP contribution is 2.21. The van der Waals surface area contributed by atoms with E-state index in [0.29, 0.717) is 19.4 Å². The van der Waals surface area contributed by atoms with Crippen LogP contribution in [-0.4, -0.2) is 19.5 Å². The lowest BCUT2D eigenvalue weighted by atomic mass is 10.2. The number of carbonyl (C=O) groups is 1. The quantitative estimate of drug-likeness (QED) is 0.759. The predicted octanol–water partition coefficient (Wildman–Crippen LogP) is 2.55. The van der Waals surface area contributed by atoms with Gasteiger partial charge in [0.2, 0.25) is 0 Å². The maximum Gasteiger partial charge on any atom is 0.140 e. The monoisotopic (exact) mass is 218 g/mol. The molecule has 72 valence electrons. The van der Waals surface area contributed by atoms with Crippen molar-refractivity contribution >= 4 is 28.7 Å². The standard InChI is InChI=1S/C9H11ClO2S/c1-12-5-4-7(11)6-8-2-3-9(10)13-8/h2-3H,4-6H2,1H3. The molecule has 0 saturated carbocycles. The van der Waals surface area contributed by atoms with Crippen LogP contribution in [0.25, 0.3) is 0 Å². The lowest BCUT2D eigenvalue weighted by Crippen LogP contribution is -2.04. The first kappa shape index (κ1) is 10.7. The van der Waals surface area contributed by atoms with Gasteiger partial charge in [0.05, 0.1) is 10.9 Å². The van der Waals surface area contributed by atoms with Crippen molar-refractivity contribution in [2.24, 2.45) is 0 Å². The van der Waals surface area contributed by atoms with Crippen LogP contribution in [0, 0.1) is 0 Å². The molecular formula is C9H11ClO2S. The van der Waals surface area contributed by atoms with Crippen LogP contribution in [-0.2, 0) is 16.0 Å². The van der Waals surface area contributed by atoms with Gasteiger partial charge in [0.25, 0.3) is 0 Å². The number of ether oxygens (including phenoxy) is 1. The molecule has 0 radical (unpaired) electrons. The first-order valence-electron chi connectivity index (χ1n) is 3.97. The Morgan fingerprint density at radius 2 is 2.38 bits per heavy atom. The Bertz CT molecular complexity index is 283. The van der Waals surface area contributed by atoms with Crippen molar-refractivity contribution in [2.45, 2.75) is 12.8 Å². The van der Waals surface area contributed by atoms with Crippen molar-refractivity contribution in [1.29, 1.82) is 0 Å². The smallest absolute Gasteiger partial charge is 0.140 e. The van der Waals surface area contributed by atoms with E-state index < -0.39 is 0 Å². The number of methoxy groups -OCH3 is 1. The van der Waals surface area contributed by atoms with E-state index in [1.165, 1.54) is 11.3 Å². The number of rotatable bonds is 5. The molecule has 0 N–H and O–H groups in total. The summed E-state index contributed by atoms with van der Waals surface area (Å²) in [7, 11) is 1.59. The highest BCUT2D eigenvalue weighted by atomic mass is 35.5. The SMILES string of the molecule is COCCC(=O)Cc1ccc(Cl)s1. The Balaban J connectivity index is 2.36. The van der Waals surface area contributed by atoms with Crippen LogP contribution in [0.3, 0.4) is 0 Å². The topological polar surface area (TPSA) is 26.3 Å². The van der Waals surface area contributed by atoms with E-state index in [4.69, 9.17) is 16.3 Å². The molecule has 1 aromatic rings. The van der Waals surface area contributed by atoms with Gasteiger partial charge in [-0.05, 0) is 12.1 Å². The lowest BCUT2D eigenvalue weighted by molar-refractivity contribution is -0.119. The van der Waals surface area contributed by atoms with Gasteiger partial charge in [-0.25, -0.2) is 0 Å². The molecule has 1 rings (SSSR count). The average molecular weight is 219 g/mol. The number of carbonyl (C=O) groups excluding carboxylic acids is 1. The van der Waals surface area contributed by atoms with Gasteiger partial charge in [-0.15, -0.1) is 11.3 Å². The Morgan fingerprint density at radius 3 is 2.92 bits per heavy atom. The number of ketones is 1. The molecule has 0 fully saturated rings. The molecule has 2 nitrogen and oxygen atoms in total. The summed E-state index contributed by atoms with van der Waals surface area (Å²) in [5, 5.41) is 0. The second-order valence-corrected chi connectivity index (χ2v) is 4.46. The van der Waals surface area contributed by atoms with Crippen molar-refractivity contribution in [3.05, 3.63) is 21.3 Å². The minimum atomic E-state index is 0.195. The Kier molecular flexibility index (Phi) is 4.42. The number of halogens is 1. The summed E-state index contributed by atoms with van der Waals surface area (Å²) in [5.74, 6) is 0.195. The fraction of sp³-hybridized carbons (Fsp3) is 0.444. The summed E-state index contributed by atoms with van der Waals surface area (Å²) in [6.45, 7) is 0.498. The lowest BCUT2D eigenvalue weighted by Gasteiger charge is -1.96. The Hall–Kier alpha value is -0.380. The van der Waals surface area contributed by atoms with Crippen LogP contribution >= 0.6 is 22.9 Å². The molecule has 0 spiro atoms. The molecule has 0 aliphatic heterocycles. The van der Waals surface area contributed by atoms with Crippen molar-refractivity contribution in [1.82, 2.24) is 0 Å². The van der Waals surface area contributed by atoms with E-state index in [1.807, 2.05) is 12.1 Å². The number of Topliss-reactive ketones (excluding diaryl/α,β-unsaturated/α-hetero) is 1. The summed E-state index contributed by atoms with van der Waals surface area (Å²) in [4.78, 5) is 12.3. The van der Waals surface area contributed by atoms with Gasteiger partial charge in [-0.3, -0.25) is 4.79 Å². The summed E-state index contributed by atoms with van der Waals surface area (Å²) >= 11 is 7.18. The number of hydrogen-bond donors (Lipinski definition) is 0. The largest absolute Gasteiger partial charge is 0.384 e. The molecule has 0 aliphatic carbocycles. The van der Waals surface area contributed by atoms with Gasteiger partial charge in [-0.2, -0.15) is 0 Å². The highest BCUT2D eigenvalue weighted by Gasteiger charge is 2.05. The van der Waals surface area contributed by atoms with Gasteiger partial charge in [0, 0.05) is 24.8 Å². The number of thiophene rings is 1. The molecule has 0 unspecified atom stereocenters. The molecule has 13 heavy (non-hydrogen) atoms. The van der Waals surface area contributed by atoms with Gasteiger partial charge >= 0.3 is 0 Å². The van der Waals surface area contributed by atoms with Crippen molar-refractivity contribution in [3.8, 4) is 0 Å². The summed E-state index contributed by atoms with van der Waals surface area (Å²) < 4.78 is 5.54. The zero-order valence-electron chi connectivity index (χ0n) is 7.38. The number of hydrogen-bond acceptors (Lipinski definition) is 3. The predicted molar refractivity (Wildman–Crippen MR) is 54.5 cm³/mol. The molecule has 1 heterocycles. The van der Waals surface area contributed by atoms with Crippen LogP contribution < -0.4 is 0 Å². The average Bonchev–Trinajstić information content (AvgIpc) is 2.48. The first-order chi connectivity index (χ1) is 6.22. The van der Waals surface area contributed by atoms with E-state index in [9.17, 15) is 4.79 Å². The van der Waals surface area contributed by atoms with Gasteiger partial charge in [0.1, 0.15) is 5.78 Å². The summed E-state index contributed by atoms with van der Waals surface area (Å²) in [5.41, 5.74) is 0. The maximum absolute atomic E-state index is 11.3. The highest BCUT2D eigenvalue weighted by molar-refractivity contribution is 7.16. The van der Waals surface area contributed by atoms with E-state index in [2.05, 4.69) is 0 Å². The van der Waals surface area contributed by atoms with Crippen molar-refractivity contribution in [3.63, 3.8) is 0 Å². The molecule has 0 atom stereocenters. The second kappa shape index (κ2) is 5.37. The zero-order valence-corrected chi connectivity index (χ0v) is 8.95. The van der Waals surface area contributed by atoms with Crippen LogP contribution in [0.5, 0.6) is 0 Å². The van der Waals surface area contributed by atoms with E-state index in [-0.39, 0.29) is 5.78 Å². The fourth-order valence-electron chi connectivity index (χ4n) is 0.945. The van der Waals surface area contributed by atoms with Crippen molar-refractivity contribution < 1.29 is 9.53 Å². The van der Waals surface area contributed by atoms with Crippen LogP contribution in [0.4, 0.5) is 0 Å². The normalized spacial score (nSPS) is 10.3. The molecule has 1 aromatic heterocycles. The summed E-state index contributed by atoms with van der Waals surface area (Å²) in [6, 6.07) is 3.70. The third kappa shape index (κ3) is 3.89. The molecule has 0 saturated heterocycles. The van der Waals surface area contributed by atoms with Gasteiger partial charge in [0.15, 0.2) is 0 Å². The van der Waals surface area contributed by atoms with E-state index in [1.54, 1.807) is 7.11 Å². The van der Waals surface area contributed by atoms with Crippen molar-refractivity contribution in [2.75, 3.05) is 13.7 Å². The van der Waals surface area contributed by atoms with Crippen LogP contribution in [0.15, 0.2) is 12.1 Å². The van der Waals surface area contributed by atoms with Gasteiger partial charge in [-0.1, -0.05) is 11.6 Å². The van der Waals surface area contributed by atoms with Gasteiger partial charge < -0.3 is 4.74 Å². The van der Waals surface area contributed by atoms with Crippen LogP contribution in [0.1, 0.15) is 11.3 Å². The molecule has 0 aromatic carbocycles. The third-order valence-corrected chi connectivity index (χ3v) is 2.82. The molecule has 0 bridgehead atoms. The first-order valence-corrected chi connectivity index (χ1v) is 5.16. The van der Waals surface area contributed by atoms with E-state index >= 15 is 0 Å². The second-order valence-electron chi connectivity index (χ2n) is 2.66. The minimum Gasteiger partial charge on any atom is -0.384 e.